The molecule has 12 atom stereocenters. The van der Waals surface area contributed by atoms with Gasteiger partial charge in [-0.25, -0.2) is 0 Å². The zero-order valence-electron chi connectivity index (χ0n) is 53.0. The van der Waals surface area contributed by atoms with Crippen molar-refractivity contribution in [2.45, 2.75) is 247 Å². The summed E-state index contributed by atoms with van der Waals surface area (Å²) in [5.74, 6) is 0.696. The Morgan fingerprint density at radius 1 is 0.453 bits per heavy atom. The van der Waals surface area contributed by atoms with Crippen LogP contribution < -0.4 is 0 Å². The lowest BCUT2D eigenvalue weighted by Gasteiger charge is -2.33. The van der Waals surface area contributed by atoms with Gasteiger partial charge >= 0.3 is 59.7 Å². The first-order valence-electron chi connectivity index (χ1n) is 30.7. The third kappa shape index (κ3) is 39.1. The van der Waals surface area contributed by atoms with Crippen molar-refractivity contribution < 1.29 is 115 Å². The van der Waals surface area contributed by atoms with Crippen LogP contribution in [-0.4, -0.2) is 159 Å². The van der Waals surface area contributed by atoms with Gasteiger partial charge in [0.25, 0.3) is 0 Å². The third-order valence-corrected chi connectivity index (χ3v) is 14.3. The number of hydrogen-bond acceptors (Lipinski definition) is 23. The molecule has 0 aromatic heterocycles. The second-order valence-electron chi connectivity index (χ2n) is 23.7. The smallest absolute Gasteiger partial charge is 0.312 e. The van der Waals surface area contributed by atoms with Crippen molar-refractivity contribution in [1.29, 1.82) is 0 Å². The molecule has 0 aromatic rings. The predicted molar refractivity (Wildman–Crippen MR) is 308 cm³/mol. The number of carbonyl (C=O) groups excluding carboxylic acids is 10. The zero-order valence-corrected chi connectivity index (χ0v) is 53.0. The number of aliphatic hydroxyl groups is 1. The van der Waals surface area contributed by atoms with E-state index in [1.807, 2.05) is 48.5 Å². The van der Waals surface area contributed by atoms with Crippen LogP contribution in [0.15, 0.2) is 0 Å². The summed E-state index contributed by atoms with van der Waals surface area (Å²) in [7, 11) is 1.69. The Bertz CT molecular complexity index is 2020. The van der Waals surface area contributed by atoms with E-state index in [1.165, 1.54) is 12.8 Å². The van der Waals surface area contributed by atoms with Crippen molar-refractivity contribution in [3.05, 3.63) is 0 Å². The van der Waals surface area contributed by atoms with Crippen LogP contribution in [-0.2, 0) is 105 Å². The summed E-state index contributed by atoms with van der Waals surface area (Å²) in [5.41, 5.74) is -1.43. The first kappa shape index (κ1) is 78.3. The lowest BCUT2D eigenvalue weighted by Crippen LogP contribution is -2.43. The highest BCUT2D eigenvalue weighted by Gasteiger charge is 2.40. The molecule has 24 heteroatoms. The maximum atomic E-state index is 10.9. The zero-order chi connectivity index (χ0) is 64.8. The normalized spacial score (nSPS) is 30.9. The molecule has 86 heavy (non-hydrogen) atoms. The number of methoxy groups -OCH3 is 1. The number of carboxylic acid groups (broad SMARTS) is 1. The molecule has 1 saturated carbocycles. The number of cyclic esters (lactones) is 9. The fourth-order valence-corrected chi connectivity index (χ4v) is 8.83. The van der Waals surface area contributed by atoms with Crippen LogP contribution >= 0.6 is 0 Å². The largest absolute Gasteiger partial charge is 0.481 e. The minimum absolute atomic E-state index is 0.0312. The maximum Gasteiger partial charge on any atom is 0.312 e. The van der Waals surface area contributed by atoms with Crippen LogP contribution in [0.1, 0.15) is 210 Å². The van der Waals surface area contributed by atoms with E-state index < -0.39 is 30.1 Å². The average Bonchev–Trinajstić information content (AvgIpc) is 3.51. The number of esters is 9. The number of carbonyl (C=O) groups is 11. The molecule has 10 saturated heterocycles. The Labute approximate surface area is 508 Å². The lowest BCUT2D eigenvalue weighted by atomic mass is 9.87. The molecule has 0 bridgehead atoms. The van der Waals surface area contributed by atoms with Gasteiger partial charge in [0.05, 0.1) is 81.8 Å². The van der Waals surface area contributed by atoms with Crippen LogP contribution in [0, 0.1) is 35.5 Å². The number of aliphatic carboxylic acids is 1. The van der Waals surface area contributed by atoms with E-state index in [0.29, 0.717) is 101 Å². The summed E-state index contributed by atoms with van der Waals surface area (Å²) in [6, 6.07) is 0. The lowest BCUT2D eigenvalue weighted by molar-refractivity contribution is -0.172. The molecular weight excluding hydrogens is 1130 g/mol. The highest BCUT2D eigenvalue weighted by atomic mass is 16.7. The third-order valence-electron chi connectivity index (χ3n) is 14.3. The predicted octanol–water partition coefficient (Wildman–Crippen LogP) is 8.22. The fourth-order valence-electron chi connectivity index (χ4n) is 8.83. The average molecular weight is 1230 g/mol. The molecular formula is C62H102O24. The standard InChI is InChI=1S/C8H12O5.2C6H10O2.C6H12O2.2C6H10O2.C6H10O.2C5H8O2.2C4H6O2/c1-5-2-8(12,3-6(9)10)4-7(11)13-5;1-5-2-3-8-6(7)4-5;1-5-2-3-6(7)8-4-5;1-7-6-4-2-3-5-8-6;1-5-3-2-4-8-6(5)7;1-5-3-2-4-6(7)8-5;1-5-3-2-4-6(5)7;1-4-2-5(6)7-3-4;1-4-2-3-5(6)7-4;1-3-2-6-4(3)5;1-3-2-4(5)6-3/h5,12H,2-4H2,1H3,(H,9,10);2*5H,2-4H2,1H3;6H,2-5H2,1H3;2*5H,2-4H2,1H3;5H,2-4H2,1H3;2*4H,2-3H2,1H3;2*3H,2H2,1H3. The molecule has 12 unspecified atom stereocenters. The van der Waals surface area contributed by atoms with Gasteiger partial charge in [0.1, 0.15) is 24.6 Å². The Morgan fingerprint density at radius 2 is 1.01 bits per heavy atom. The molecule has 11 fully saturated rings. The van der Waals surface area contributed by atoms with E-state index in [-0.39, 0.29) is 97.0 Å². The van der Waals surface area contributed by atoms with E-state index in [4.69, 9.17) is 43.0 Å². The summed E-state index contributed by atoms with van der Waals surface area (Å²) < 4.78 is 52.3. The van der Waals surface area contributed by atoms with Crippen molar-refractivity contribution in [1.82, 2.24) is 0 Å². The maximum absolute atomic E-state index is 10.9. The number of Topliss-reactive ketones (excluding diaryl/α,β-unsaturated/α-hetero) is 1. The van der Waals surface area contributed by atoms with E-state index >= 15 is 0 Å². The van der Waals surface area contributed by atoms with Gasteiger partial charge in [-0.1, -0.05) is 34.6 Å². The molecule has 494 valence electrons. The van der Waals surface area contributed by atoms with Gasteiger partial charge in [-0.2, -0.15) is 0 Å². The topological polar surface area (TPSA) is 330 Å². The summed E-state index contributed by atoms with van der Waals surface area (Å²) in [5, 5.41) is 18.2. The van der Waals surface area contributed by atoms with Gasteiger partial charge < -0.3 is 62.3 Å². The van der Waals surface area contributed by atoms with Gasteiger partial charge in [0.2, 0.25) is 0 Å². The molecule has 11 rings (SSSR count). The van der Waals surface area contributed by atoms with Crippen LogP contribution in [0.25, 0.3) is 0 Å². The van der Waals surface area contributed by atoms with Crippen molar-refractivity contribution >= 4 is 65.5 Å². The van der Waals surface area contributed by atoms with Gasteiger partial charge in [-0.3, -0.25) is 52.7 Å². The van der Waals surface area contributed by atoms with Crippen LogP contribution in [0.2, 0.25) is 0 Å². The van der Waals surface area contributed by atoms with Gasteiger partial charge in [0.15, 0.2) is 6.29 Å². The molecule has 10 aliphatic heterocycles. The Morgan fingerprint density at radius 3 is 1.29 bits per heavy atom. The Balaban J connectivity index is 0.000000476. The van der Waals surface area contributed by atoms with Crippen molar-refractivity contribution in [3.63, 3.8) is 0 Å². The summed E-state index contributed by atoms with van der Waals surface area (Å²) in [6.07, 6.45) is 17.0. The Kier molecular flexibility index (Phi) is 39.9. The molecule has 0 aromatic carbocycles. The second kappa shape index (κ2) is 43.8. The number of ketones is 1. The highest BCUT2D eigenvalue weighted by Crippen LogP contribution is 2.29. The summed E-state index contributed by atoms with van der Waals surface area (Å²) in [6.45, 7) is 23.3. The van der Waals surface area contributed by atoms with Gasteiger partial charge in [0, 0.05) is 64.1 Å². The fraction of sp³-hybridized carbons (Fsp3) is 0.823. The van der Waals surface area contributed by atoms with Gasteiger partial charge in [-0.15, -0.1) is 0 Å². The Hall–Kier alpha value is -5.75. The van der Waals surface area contributed by atoms with E-state index in [2.05, 4.69) is 28.1 Å². The first-order chi connectivity index (χ1) is 40.5. The summed E-state index contributed by atoms with van der Waals surface area (Å²) >= 11 is 0. The molecule has 10 heterocycles. The minimum atomic E-state index is -1.43. The van der Waals surface area contributed by atoms with E-state index in [9.17, 15) is 57.8 Å². The van der Waals surface area contributed by atoms with Crippen molar-refractivity contribution in [2.75, 3.05) is 46.8 Å². The molecule has 0 amide bonds. The van der Waals surface area contributed by atoms with Crippen molar-refractivity contribution in [3.8, 4) is 0 Å². The summed E-state index contributed by atoms with van der Waals surface area (Å²) in [4.78, 5) is 114. The number of ether oxygens (including phenoxy) is 11. The number of hydrogen-bond donors (Lipinski definition) is 2. The first-order valence-corrected chi connectivity index (χ1v) is 30.7. The monoisotopic (exact) mass is 1230 g/mol. The molecule has 1 aliphatic carbocycles. The molecule has 11 aliphatic rings. The van der Waals surface area contributed by atoms with Gasteiger partial charge in [-0.05, 0) is 124 Å². The highest BCUT2D eigenvalue weighted by molar-refractivity contribution is 5.82. The van der Waals surface area contributed by atoms with E-state index in [1.54, 1.807) is 14.0 Å². The molecule has 0 spiro atoms. The van der Waals surface area contributed by atoms with Crippen LogP contribution in [0.4, 0.5) is 0 Å². The SMILES string of the molecule is CC1CC(=O)O1.CC1CC(O)(CC(=O)O)CC(=O)O1.CC1CCC(=O)O1.CC1CCC(=O)OC1.CC1CCCC(=O)O1.CC1CCCC1=O.CC1CCCOC1=O.CC1CCOC(=O)C1.CC1COC(=O)C1.CC1COC1=O.COC1CCCCO1. The van der Waals surface area contributed by atoms with Crippen LogP contribution in [0.3, 0.4) is 0 Å². The number of carboxylic acids is 1. The van der Waals surface area contributed by atoms with Crippen molar-refractivity contribution in [2.24, 2.45) is 35.5 Å². The molecule has 24 nitrogen and oxygen atoms in total. The van der Waals surface area contributed by atoms with E-state index in [0.717, 1.165) is 77.2 Å². The molecule has 0 radical (unpaired) electrons. The quantitative estimate of drug-likeness (QED) is 0.198. The molecule has 2 N–H and O–H groups in total. The minimum Gasteiger partial charge on any atom is -0.481 e. The van der Waals surface area contributed by atoms with Crippen LogP contribution in [0.5, 0.6) is 0 Å². The number of rotatable bonds is 3. The second-order valence-corrected chi connectivity index (χ2v) is 23.7.